The lowest BCUT2D eigenvalue weighted by molar-refractivity contribution is 0.0850. The number of hydrogen-bond acceptors (Lipinski definition) is 3. The molecule has 1 aliphatic rings. The molecule has 4 heteroatoms. The molecule has 1 N–H and O–H groups in total. The van der Waals surface area contributed by atoms with Gasteiger partial charge in [-0.25, -0.2) is 0 Å². The van der Waals surface area contributed by atoms with Crippen LogP contribution in [0.4, 0.5) is 0 Å². The molecule has 0 atom stereocenters. The van der Waals surface area contributed by atoms with Crippen LogP contribution in [0.2, 0.25) is 12.6 Å². The molecule has 0 radical (unpaired) electrons. The van der Waals surface area contributed by atoms with Crippen molar-refractivity contribution in [2.75, 3.05) is 6.61 Å². The third-order valence-electron chi connectivity index (χ3n) is 1.16. The van der Waals surface area contributed by atoms with Gasteiger partial charge in [0.2, 0.25) is 0 Å². The molecule has 0 aromatic carbocycles. The molecular weight excluding hydrogens is 124 g/mol. The second-order valence-corrected chi connectivity index (χ2v) is 5.23. The van der Waals surface area contributed by atoms with E-state index in [-0.39, 0.29) is 6.61 Å². The summed E-state index contributed by atoms with van der Waals surface area (Å²) in [5.74, 6) is 0. The van der Waals surface area contributed by atoms with Crippen molar-refractivity contribution in [1.29, 1.82) is 0 Å². The summed E-state index contributed by atoms with van der Waals surface area (Å²) in [6.45, 7) is 2.23. The summed E-state index contributed by atoms with van der Waals surface area (Å²) in [5.41, 5.74) is 0. The molecule has 0 aromatic heterocycles. The largest absolute Gasteiger partial charge is 0.403 e. The smallest absolute Gasteiger partial charge is 0.396 e. The molecule has 0 aliphatic carbocycles. The first-order valence-corrected chi connectivity index (χ1v) is 5.27. The monoisotopic (exact) mass is 134 g/mol. The summed E-state index contributed by atoms with van der Waals surface area (Å²) in [6, 6.07) is 0.920. The van der Waals surface area contributed by atoms with E-state index in [2.05, 4.69) is 0 Å². The van der Waals surface area contributed by atoms with Crippen molar-refractivity contribution in [1.82, 2.24) is 0 Å². The second-order valence-electron chi connectivity index (χ2n) is 2.13. The first-order valence-electron chi connectivity index (χ1n) is 2.74. The summed E-state index contributed by atoms with van der Waals surface area (Å²) in [6.07, 6.45) is 0.808. The zero-order chi connectivity index (χ0) is 6.04. The van der Waals surface area contributed by atoms with Crippen molar-refractivity contribution in [2.24, 2.45) is 0 Å². The Bertz CT molecular complexity index is 81.4. The average Bonchev–Trinajstić information content (AvgIpc) is 2.45. The highest BCUT2D eigenvalue weighted by atomic mass is 28.4. The van der Waals surface area contributed by atoms with Crippen LogP contribution in [-0.4, -0.2) is 20.3 Å². The molecule has 0 bridgehead atoms. The lowest BCUT2D eigenvalue weighted by Crippen LogP contribution is -2.09. The van der Waals surface area contributed by atoms with Gasteiger partial charge in [-0.05, 0) is 19.0 Å². The van der Waals surface area contributed by atoms with E-state index in [1.54, 1.807) is 0 Å². The maximum absolute atomic E-state index is 8.37. The van der Waals surface area contributed by atoms with Crippen molar-refractivity contribution in [2.45, 2.75) is 19.0 Å². The van der Waals surface area contributed by atoms with Gasteiger partial charge in [0.15, 0.2) is 0 Å². The maximum Gasteiger partial charge on any atom is 0.403 e. The van der Waals surface area contributed by atoms with Crippen molar-refractivity contribution in [3.05, 3.63) is 0 Å². The molecule has 48 valence electrons. The van der Waals surface area contributed by atoms with Crippen molar-refractivity contribution < 1.29 is 14.3 Å². The summed E-state index contributed by atoms with van der Waals surface area (Å²) >= 11 is 0. The summed E-state index contributed by atoms with van der Waals surface area (Å²) in [7, 11) is -1.59. The van der Waals surface area contributed by atoms with Crippen LogP contribution in [0.1, 0.15) is 6.42 Å². The molecule has 8 heavy (non-hydrogen) atoms. The van der Waals surface area contributed by atoms with Gasteiger partial charge in [-0.15, -0.1) is 0 Å². The molecule has 3 nitrogen and oxygen atoms in total. The Balaban J connectivity index is 2.01. The third kappa shape index (κ3) is 1.55. The first kappa shape index (κ1) is 6.22. The van der Waals surface area contributed by atoms with Crippen LogP contribution in [0.25, 0.3) is 0 Å². The SMILES string of the molecule is C[Si]1(CCCO)OO1. The van der Waals surface area contributed by atoms with Crippen LogP contribution in [0, 0.1) is 0 Å². The van der Waals surface area contributed by atoms with E-state index in [0.29, 0.717) is 0 Å². The number of hydrogen-bond donors (Lipinski definition) is 1. The second kappa shape index (κ2) is 2.14. The van der Waals surface area contributed by atoms with Crippen LogP contribution in [0.3, 0.4) is 0 Å². The van der Waals surface area contributed by atoms with Gasteiger partial charge in [0.1, 0.15) is 0 Å². The fourth-order valence-electron chi connectivity index (χ4n) is 0.555. The first-order chi connectivity index (χ1) is 3.77. The highest BCUT2D eigenvalue weighted by Crippen LogP contribution is 2.28. The fourth-order valence-corrected chi connectivity index (χ4v) is 2.09. The Morgan fingerprint density at radius 1 is 1.50 bits per heavy atom. The van der Waals surface area contributed by atoms with Crippen LogP contribution in [-0.2, 0) is 9.15 Å². The van der Waals surface area contributed by atoms with Crippen molar-refractivity contribution >= 4 is 8.56 Å². The molecule has 1 saturated heterocycles. The van der Waals surface area contributed by atoms with Crippen LogP contribution in [0.15, 0.2) is 0 Å². The van der Waals surface area contributed by atoms with Gasteiger partial charge in [0.05, 0.1) is 0 Å². The Kier molecular flexibility index (Phi) is 1.67. The predicted octanol–water partition coefficient (Wildman–Crippen LogP) is 0.403. The number of rotatable bonds is 3. The quantitative estimate of drug-likeness (QED) is 0.345. The minimum Gasteiger partial charge on any atom is -0.396 e. The standard InChI is InChI=1S/C4H10O3Si/c1-8(6-7-8)4-2-3-5/h5H,2-4H2,1H3. The van der Waals surface area contributed by atoms with E-state index in [1.165, 1.54) is 0 Å². The summed E-state index contributed by atoms with van der Waals surface area (Å²) < 4.78 is 9.45. The van der Waals surface area contributed by atoms with Gasteiger partial charge in [-0.3, -0.25) is 9.15 Å². The van der Waals surface area contributed by atoms with Crippen LogP contribution in [0.5, 0.6) is 0 Å². The Morgan fingerprint density at radius 2 is 2.12 bits per heavy atom. The average molecular weight is 134 g/mol. The van der Waals surface area contributed by atoms with Gasteiger partial charge in [-0.2, -0.15) is 0 Å². The normalized spacial score (nSPS) is 23.2. The highest BCUT2D eigenvalue weighted by Gasteiger charge is 2.47. The third-order valence-corrected chi connectivity index (χ3v) is 3.15. The van der Waals surface area contributed by atoms with Gasteiger partial charge < -0.3 is 5.11 Å². The lowest BCUT2D eigenvalue weighted by Gasteiger charge is -1.90. The molecular formula is C4H10O3Si. The van der Waals surface area contributed by atoms with E-state index in [9.17, 15) is 0 Å². The minimum atomic E-state index is -1.59. The molecule has 1 rings (SSSR count). The molecule has 1 fully saturated rings. The summed E-state index contributed by atoms with van der Waals surface area (Å²) in [5, 5.41) is 8.37. The van der Waals surface area contributed by atoms with Gasteiger partial charge in [-0.1, -0.05) is 0 Å². The number of aliphatic hydroxyl groups excluding tert-OH is 1. The molecule has 0 spiro atoms. The van der Waals surface area contributed by atoms with Gasteiger partial charge in [0.25, 0.3) is 0 Å². The zero-order valence-electron chi connectivity index (χ0n) is 4.89. The number of aliphatic hydroxyl groups is 1. The zero-order valence-corrected chi connectivity index (χ0v) is 5.89. The Hall–Kier alpha value is 0.0969. The van der Waals surface area contributed by atoms with Gasteiger partial charge >= 0.3 is 8.56 Å². The molecule has 0 amide bonds. The maximum atomic E-state index is 8.37. The highest BCUT2D eigenvalue weighted by molar-refractivity contribution is 6.70. The molecule has 1 heterocycles. The topological polar surface area (TPSA) is 45.3 Å². The van der Waals surface area contributed by atoms with Crippen molar-refractivity contribution in [3.8, 4) is 0 Å². The molecule has 1 aliphatic heterocycles. The minimum absolute atomic E-state index is 0.245. The van der Waals surface area contributed by atoms with E-state index >= 15 is 0 Å². The van der Waals surface area contributed by atoms with E-state index in [0.717, 1.165) is 12.5 Å². The van der Waals surface area contributed by atoms with Crippen molar-refractivity contribution in [3.63, 3.8) is 0 Å². The predicted molar refractivity (Wildman–Crippen MR) is 30.3 cm³/mol. The fraction of sp³-hybridized carbons (Fsp3) is 1.00. The lowest BCUT2D eigenvalue weighted by atomic mass is 10.5. The summed E-state index contributed by atoms with van der Waals surface area (Å²) in [4.78, 5) is 0. The van der Waals surface area contributed by atoms with Crippen LogP contribution < -0.4 is 0 Å². The Labute approximate surface area is 49.4 Å². The Morgan fingerprint density at radius 3 is 2.50 bits per heavy atom. The molecule has 0 aromatic rings. The van der Waals surface area contributed by atoms with E-state index in [4.69, 9.17) is 14.3 Å². The van der Waals surface area contributed by atoms with Crippen LogP contribution >= 0.6 is 0 Å². The molecule has 0 unspecified atom stereocenters. The molecule has 0 saturated carbocycles. The van der Waals surface area contributed by atoms with Gasteiger partial charge in [0, 0.05) is 6.61 Å². The van der Waals surface area contributed by atoms with E-state index < -0.39 is 8.56 Å². The van der Waals surface area contributed by atoms with E-state index in [1.807, 2.05) is 6.55 Å².